The van der Waals surface area contributed by atoms with Gasteiger partial charge in [-0.15, -0.1) is 0 Å². The maximum atomic E-state index is 11.5. The lowest BCUT2D eigenvalue weighted by molar-refractivity contribution is -0.119. The van der Waals surface area contributed by atoms with Crippen LogP contribution in [0.1, 0.15) is 18.4 Å². The molecule has 4 heteroatoms. The third-order valence-electron chi connectivity index (χ3n) is 2.91. The van der Waals surface area contributed by atoms with E-state index < -0.39 is 0 Å². The van der Waals surface area contributed by atoms with Gasteiger partial charge in [0, 0.05) is 17.3 Å². The summed E-state index contributed by atoms with van der Waals surface area (Å²) in [6.07, 6.45) is 2.50. The van der Waals surface area contributed by atoms with Crippen molar-refractivity contribution in [2.45, 2.75) is 19.8 Å². The number of carbonyl (C=O) groups excluding carboxylic acids is 1. The van der Waals surface area contributed by atoms with Crippen molar-refractivity contribution in [3.05, 3.63) is 28.8 Å². The quantitative estimate of drug-likeness (QED) is 0.846. The molecule has 0 atom stereocenters. The molecule has 3 nitrogen and oxygen atoms in total. The molecule has 1 aliphatic rings. The largest absolute Gasteiger partial charge is 0.376 e. The summed E-state index contributed by atoms with van der Waals surface area (Å²) in [4.78, 5) is 11.5. The maximum absolute atomic E-state index is 11.5. The van der Waals surface area contributed by atoms with Gasteiger partial charge in [0.15, 0.2) is 0 Å². The average molecular weight is 253 g/mol. The summed E-state index contributed by atoms with van der Waals surface area (Å²) in [7, 11) is 0. The van der Waals surface area contributed by atoms with Gasteiger partial charge in [-0.1, -0.05) is 17.7 Å². The summed E-state index contributed by atoms with van der Waals surface area (Å²) in [5, 5.41) is 6.68. The first-order chi connectivity index (χ1) is 8.15. The predicted octanol–water partition coefficient (Wildman–Crippen LogP) is 2.59. The van der Waals surface area contributed by atoms with E-state index in [1.54, 1.807) is 0 Å². The van der Waals surface area contributed by atoms with E-state index in [2.05, 4.69) is 10.6 Å². The van der Waals surface area contributed by atoms with Crippen LogP contribution in [0.15, 0.2) is 18.2 Å². The highest BCUT2D eigenvalue weighted by atomic mass is 35.5. The van der Waals surface area contributed by atoms with Crippen LogP contribution in [0.2, 0.25) is 5.02 Å². The zero-order chi connectivity index (χ0) is 12.3. The van der Waals surface area contributed by atoms with Crippen LogP contribution in [0, 0.1) is 12.8 Å². The molecule has 1 aromatic carbocycles. The molecule has 1 saturated carbocycles. The van der Waals surface area contributed by atoms with Crippen molar-refractivity contribution in [1.29, 1.82) is 0 Å². The molecule has 17 heavy (non-hydrogen) atoms. The standard InChI is InChI=1S/C13H17ClN2O/c1-9-2-5-11(6-12(9)14)15-8-13(17)16-7-10-3-4-10/h2,5-6,10,15H,3-4,7-8H2,1H3,(H,16,17). The Balaban J connectivity index is 1.75. The van der Waals surface area contributed by atoms with Gasteiger partial charge in [-0.05, 0) is 43.4 Å². The zero-order valence-electron chi connectivity index (χ0n) is 9.92. The van der Waals surface area contributed by atoms with Gasteiger partial charge in [0.05, 0.1) is 6.54 Å². The lowest BCUT2D eigenvalue weighted by Gasteiger charge is -2.08. The van der Waals surface area contributed by atoms with Crippen molar-refractivity contribution in [2.24, 2.45) is 5.92 Å². The molecule has 0 aromatic heterocycles. The smallest absolute Gasteiger partial charge is 0.239 e. The van der Waals surface area contributed by atoms with Crippen molar-refractivity contribution in [1.82, 2.24) is 5.32 Å². The zero-order valence-corrected chi connectivity index (χ0v) is 10.7. The van der Waals surface area contributed by atoms with Crippen molar-refractivity contribution >= 4 is 23.2 Å². The van der Waals surface area contributed by atoms with E-state index in [1.807, 2.05) is 25.1 Å². The number of anilines is 1. The molecule has 0 radical (unpaired) electrons. The molecule has 2 N–H and O–H groups in total. The number of aryl methyl sites for hydroxylation is 1. The minimum absolute atomic E-state index is 0.0357. The van der Waals surface area contributed by atoms with Crippen LogP contribution in [-0.4, -0.2) is 19.0 Å². The molecule has 0 bridgehead atoms. The normalized spacial score (nSPS) is 14.5. The molecule has 0 heterocycles. The van der Waals surface area contributed by atoms with Crippen molar-refractivity contribution < 1.29 is 4.79 Å². The molecule has 1 amide bonds. The molecule has 0 saturated heterocycles. The SMILES string of the molecule is Cc1ccc(NCC(=O)NCC2CC2)cc1Cl. The Kier molecular flexibility index (Phi) is 3.89. The van der Waals surface area contributed by atoms with Crippen LogP contribution in [0.3, 0.4) is 0 Å². The fraction of sp³-hybridized carbons (Fsp3) is 0.462. The van der Waals surface area contributed by atoms with Crippen molar-refractivity contribution in [2.75, 3.05) is 18.4 Å². The third kappa shape index (κ3) is 3.93. The van der Waals surface area contributed by atoms with Gasteiger partial charge >= 0.3 is 0 Å². The van der Waals surface area contributed by atoms with Gasteiger partial charge in [0.1, 0.15) is 0 Å². The minimum atomic E-state index is 0.0357. The number of rotatable bonds is 5. The van der Waals surface area contributed by atoms with Crippen molar-refractivity contribution in [3.8, 4) is 0 Å². The highest BCUT2D eigenvalue weighted by Gasteiger charge is 2.21. The number of amides is 1. The second-order valence-electron chi connectivity index (χ2n) is 4.56. The second-order valence-corrected chi connectivity index (χ2v) is 4.97. The number of hydrogen-bond donors (Lipinski definition) is 2. The summed E-state index contributed by atoms with van der Waals surface area (Å²) in [6.45, 7) is 3.07. The van der Waals surface area contributed by atoms with Gasteiger partial charge in [-0.2, -0.15) is 0 Å². The molecule has 0 aliphatic heterocycles. The summed E-state index contributed by atoms with van der Waals surface area (Å²) < 4.78 is 0. The summed E-state index contributed by atoms with van der Waals surface area (Å²) >= 11 is 6.00. The Morgan fingerprint density at radius 1 is 1.47 bits per heavy atom. The molecular weight excluding hydrogens is 236 g/mol. The van der Waals surface area contributed by atoms with Gasteiger partial charge in [0.2, 0.25) is 5.91 Å². The van der Waals surface area contributed by atoms with Gasteiger partial charge in [-0.25, -0.2) is 0 Å². The number of benzene rings is 1. The third-order valence-corrected chi connectivity index (χ3v) is 3.32. The first-order valence-electron chi connectivity index (χ1n) is 5.92. The maximum Gasteiger partial charge on any atom is 0.239 e. The lowest BCUT2D eigenvalue weighted by Crippen LogP contribution is -2.31. The molecule has 0 spiro atoms. The highest BCUT2D eigenvalue weighted by molar-refractivity contribution is 6.31. The fourth-order valence-electron chi connectivity index (χ4n) is 1.53. The Bertz CT molecular complexity index is 416. The van der Waals surface area contributed by atoms with Gasteiger partial charge in [0.25, 0.3) is 0 Å². The molecule has 2 rings (SSSR count). The minimum Gasteiger partial charge on any atom is -0.376 e. The molecule has 1 fully saturated rings. The van der Waals surface area contributed by atoms with Crippen LogP contribution in [0.4, 0.5) is 5.69 Å². The Morgan fingerprint density at radius 2 is 2.24 bits per heavy atom. The molecule has 0 unspecified atom stereocenters. The second kappa shape index (κ2) is 5.41. The van der Waals surface area contributed by atoms with Crippen LogP contribution in [0.5, 0.6) is 0 Å². The topological polar surface area (TPSA) is 41.1 Å². The van der Waals surface area contributed by atoms with Crippen LogP contribution in [-0.2, 0) is 4.79 Å². The monoisotopic (exact) mass is 252 g/mol. The summed E-state index contributed by atoms with van der Waals surface area (Å²) in [5.74, 6) is 0.751. The Morgan fingerprint density at radius 3 is 2.88 bits per heavy atom. The van der Waals surface area contributed by atoms with E-state index in [9.17, 15) is 4.79 Å². The van der Waals surface area contributed by atoms with Gasteiger partial charge in [-0.3, -0.25) is 4.79 Å². The van der Waals surface area contributed by atoms with E-state index in [0.29, 0.717) is 17.5 Å². The molecule has 1 aliphatic carbocycles. The van der Waals surface area contributed by atoms with Crippen LogP contribution >= 0.6 is 11.6 Å². The number of carbonyl (C=O) groups is 1. The predicted molar refractivity (Wildman–Crippen MR) is 70.4 cm³/mol. The van der Waals surface area contributed by atoms with E-state index in [4.69, 9.17) is 11.6 Å². The highest BCUT2D eigenvalue weighted by Crippen LogP contribution is 2.27. The Hall–Kier alpha value is -1.22. The molecular formula is C13H17ClN2O. The number of halogens is 1. The average Bonchev–Trinajstić information content (AvgIpc) is 3.12. The first-order valence-corrected chi connectivity index (χ1v) is 6.29. The van der Waals surface area contributed by atoms with E-state index in [-0.39, 0.29) is 5.91 Å². The van der Waals surface area contributed by atoms with Gasteiger partial charge < -0.3 is 10.6 Å². The Labute approximate surface area is 107 Å². The van der Waals surface area contributed by atoms with Crippen LogP contribution < -0.4 is 10.6 Å². The summed E-state index contributed by atoms with van der Waals surface area (Å²) in [6, 6.07) is 5.70. The van der Waals surface area contributed by atoms with Crippen LogP contribution in [0.25, 0.3) is 0 Å². The van der Waals surface area contributed by atoms with E-state index in [1.165, 1.54) is 12.8 Å². The number of hydrogen-bond acceptors (Lipinski definition) is 2. The van der Waals surface area contributed by atoms with Crippen molar-refractivity contribution in [3.63, 3.8) is 0 Å². The summed E-state index contributed by atoms with van der Waals surface area (Å²) in [5.41, 5.74) is 1.91. The lowest BCUT2D eigenvalue weighted by atomic mass is 10.2. The number of nitrogens with one attached hydrogen (secondary N) is 2. The van der Waals surface area contributed by atoms with E-state index in [0.717, 1.165) is 17.8 Å². The molecule has 1 aromatic rings. The fourth-order valence-corrected chi connectivity index (χ4v) is 1.71. The molecule has 92 valence electrons. The first kappa shape index (κ1) is 12.2. The van der Waals surface area contributed by atoms with E-state index >= 15 is 0 Å².